The summed E-state index contributed by atoms with van der Waals surface area (Å²) in [4.78, 5) is 30.5. The number of para-hydroxylation sites is 1. The standard InChI is InChI=1S/C29H26N4O5S/c1-4-36-24(34)18-37-22-13-15-23(16-14-22)38-29-30-26-25(28(35)32(29)21-12-8-9-19(2)17-21)27(39-3)31-33(26)20-10-6-5-7-11-20/h5-17H,4,18H2,1-3H3. The summed E-state index contributed by atoms with van der Waals surface area (Å²) in [5.41, 5.74) is 2.49. The van der Waals surface area contributed by atoms with E-state index in [0.29, 0.717) is 33.2 Å². The van der Waals surface area contributed by atoms with Crippen LogP contribution in [-0.4, -0.2) is 44.8 Å². The van der Waals surface area contributed by atoms with Crippen molar-refractivity contribution < 1.29 is 19.0 Å². The Morgan fingerprint density at radius 1 is 0.949 bits per heavy atom. The molecule has 0 aliphatic heterocycles. The van der Waals surface area contributed by atoms with Gasteiger partial charge in [-0.05, 0) is 74.2 Å². The van der Waals surface area contributed by atoms with Crippen LogP contribution in [0.5, 0.6) is 17.5 Å². The molecule has 5 aromatic rings. The van der Waals surface area contributed by atoms with Crippen LogP contribution >= 0.6 is 11.8 Å². The number of carbonyl (C=O) groups is 1. The van der Waals surface area contributed by atoms with Crippen molar-refractivity contribution in [2.24, 2.45) is 0 Å². The quantitative estimate of drug-likeness (QED) is 0.182. The molecule has 0 bridgehead atoms. The first-order valence-electron chi connectivity index (χ1n) is 12.3. The Kier molecular flexibility index (Phi) is 7.64. The summed E-state index contributed by atoms with van der Waals surface area (Å²) >= 11 is 1.38. The van der Waals surface area contributed by atoms with E-state index in [9.17, 15) is 9.59 Å². The fraction of sp³-hybridized carbons (Fsp3) is 0.172. The van der Waals surface area contributed by atoms with Gasteiger partial charge in [0.2, 0.25) is 0 Å². The molecule has 198 valence electrons. The molecule has 0 radical (unpaired) electrons. The highest BCUT2D eigenvalue weighted by Crippen LogP contribution is 2.30. The molecule has 5 rings (SSSR count). The van der Waals surface area contributed by atoms with Gasteiger partial charge in [-0.15, -0.1) is 11.8 Å². The monoisotopic (exact) mass is 542 g/mol. The van der Waals surface area contributed by atoms with Crippen molar-refractivity contribution in [2.75, 3.05) is 19.5 Å². The number of thioether (sulfide) groups is 1. The van der Waals surface area contributed by atoms with Crippen LogP contribution in [0.2, 0.25) is 0 Å². The zero-order valence-corrected chi connectivity index (χ0v) is 22.5. The van der Waals surface area contributed by atoms with Crippen molar-refractivity contribution >= 4 is 28.8 Å². The normalized spacial score (nSPS) is 10.9. The van der Waals surface area contributed by atoms with Crippen LogP contribution in [0.4, 0.5) is 0 Å². The zero-order chi connectivity index (χ0) is 27.4. The highest BCUT2D eigenvalue weighted by Gasteiger charge is 2.23. The van der Waals surface area contributed by atoms with Crippen LogP contribution in [0.25, 0.3) is 22.4 Å². The molecular formula is C29H26N4O5S. The highest BCUT2D eigenvalue weighted by atomic mass is 32.2. The third kappa shape index (κ3) is 5.51. The number of hydrogen-bond acceptors (Lipinski definition) is 8. The number of aromatic nitrogens is 4. The van der Waals surface area contributed by atoms with Crippen molar-refractivity contribution in [2.45, 2.75) is 18.9 Å². The molecule has 0 atom stereocenters. The van der Waals surface area contributed by atoms with Gasteiger partial charge in [0.15, 0.2) is 12.3 Å². The summed E-state index contributed by atoms with van der Waals surface area (Å²) in [6.07, 6.45) is 1.88. The summed E-state index contributed by atoms with van der Waals surface area (Å²) in [5, 5.41) is 5.67. The Morgan fingerprint density at radius 2 is 1.67 bits per heavy atom. The third-order valence-corrected chi connectivity index (χ3v) is 6.46. The first kappa shape index (κ1) is 26.1. The maximum Gasteiger partial charge on any atom is 0.344 e. The summed E-state index contributed by atoms with van der Waals surface area (Å²) in [7, 11) is 0. The molecular weight excluding hydrogens is 516 g/mol. The number of nitrogens with zero attached hydrogens (tertiary/aromatic N) is 4. The van der Waals surface area contributed by atoms with E-state index in [4.69, 9.17) is 24.3 Å². The van der Waals surface area contributed by atoms with E-state index in [1.54, 1.807) is 35.9 Å². The average molecular weight is 543 g/mol. The number of hydrogen-bond donors (Lipinski definition) is 0. The number of ether oxygens (including phenoxy) is 3. The molecule has 2 heterocycles. The van der Waals surface area contributed by atoms with E-state index in [1.807, 2.05) is 67.8 Å². The number of esters is 1. The first-order valence-corrected chi connectivity index (χ1v) is 13.5. The average Bonchev–Trinajstić information content (AvgIpc) is 3.32. The lowest BCUT2D eigenvalue weighted by atomic mass is 10.2. The minimum atomic E-state index is -0.447. The Balaban J connectivity index is 1.61. The second-order valence-corrected chi connectivity index (χ2v) is 9.29. The molecule has 0 fully saturated rings. The summed E-state index contributed by atoms with van der Waals surface area (Å²) in [5.74, 6) is 0.459. The largest absolute Gasteiger partial charge is 0.482 e. The van der Waals surface area contributed by atoms with Crippen LogP contribution in [0.3, 0.4) is 0 Å². The fourth-order valence-corrected chi connectivity index (χ4v) is 4.57. The first-order chi connectivity index (χ1) is 19.0. The Bertz CT molecular complexity index is 1680. The van der Waals surface area contributed by atoms with Crippen molar-refractivity contribution in [1.82, 2.24) is 19.3 Å². The van der Waals surface area contributed by atoms with Gasteiger partial charge in [0.1, 0.15) is 21.9 Å². The van der Waals surface area contributed by atoms with Gasteiger partial charge in [-0.1, -0.05) is 30.3 Å². The minimum absolute atomic E-state index is 0.0861. The maximum atomic E-state index is 14.0. The molecule has 10 heteroatoms. The molecule has 0 unspecified atom stereocenters. The fourth-order valence-electron chi connectivity index (χ4n) is 4.03. The van der Waals surface area contributed by atoms with Gasteiger partial charge in [-0.25, -0.2) is 14.0 Å². The van der Waals surface area contributed by atoms with Gasteiger partial charge in [-0.2, -0.15) is 10.1 Å². The van der Waals surface area contributed by atoms with Gasteiger partial charge in [0.05, 0.1) is 18.0 Å². The Labute approximate surface area is 229 Å². The number of rotatable bonds is 9. The van der Waals surface area contributed by atoms with E-state index in [1.165, 1.54) is 16.3 Å². The maximum absolute atomic E-state index is 14.0. The smallest absolute Gasteiger partial charge is 0.344 e. The van der Waals surface area contributed by atoms with Gasteiger partial charge in [0, 0.05) is 0 Å². The highest BCUT2D eigenvalue weighted by molar-refractivity contribution is 7.98. The Morgan fingerprint density at radius 3 is 2.36 bits per heavy atom. The van der Waals surface area contributed by atoms with Crippen molar-refractivity contribution in [3.8, 4) is 28.9 Å². The van der Waals surface area contributed by atoms with E-state index < -0.39 is 5.97 Å². The van der Waals surface area contributed by atoms with Crippen molar-refractivity contribution in [3.63, 3.8) is 0 Å². The molecule has 0 saturated carbocycles. The number of carbonyl (C=O) groups excluding carboxylic acids is 1. The molecule has 0 amide bonds. The minimum Gasteiger partial charge on any atom is -0.482 e. The topological polar surface area (TPSA) is 97.5 Å². The molecule has 9 nitrogen and oxygen atoms in total. The third-order valence-electron chi connectivity index (χ3n) is 5.79. The van der Waals surface area contributed by atoms with Crippen LogP contribution in [-0.2, 0) is 9.53 Å². The molecule has 0 aliphatic rings. The zero-order valence-electron chi connectivity index (χ0n) is 21.7. The molecule has 0 spiro atoms. The van der Waals surface area contributed by atoms with Crippen molar-refractivity contribution in [1.29, 1.82) is 0 Å². The van der Waals surface area contributed by atoms with Crippen LogP contribution in [0.15, 0.2) is 88.7 Å². The molecule has 0 N–H and O–H groups in total. The van der Waals surface area contributed by atoms with Crippen molar-refractivity contribution in [3.05, 3.63) is 94.8 Å². The van der Waals surface area contributed by atoms with E-state index in [-0.39, 0.29) is 24.8 Å². The summed E-state index contributed by atoms with van der Waals surface area (Å²) in [6.45, 7) is 3.79. The number of aryl methyl sites for hydroxylation is 1. The van der Waals surface area contributed by atoms with Crippen LogP contribution < -0.4 is 15.0 Å². The second kappa shape index (κ2) is 11.4. The Hall–Kier alpha value is -4.57. The number of benzene rings is 3. The van der Waals surface area contributed by atoms with Crippen LogP contribution in [0, 0.1) is 6.92 Å². The second-order valence-electron chi connectivity index (χ2n) is 8.50. The predicted molar refractivity (Wildman–Crippen MR) is 150 cm³/mol. The lowest BCUT2D eigenvalue weighted by Gasteiger charge is -2.14. The molecule has 3 aromatic carbocycles. The molecule has 0 saturated heterocycles. The van der Waals surface area contributed by atoms with Gasteiger partial charge in [0.25, 0.3) is 5.56 Å². The van der Waals surface area contributed by atoms with E-state index in [2.05, 4.69) is 0 Å². The van der Waals surface area contributed by atoms with Gasteiger partial charge >= 0.3 is 12.0 Å². The SMILES string of the molecule is CCOC(=O)COc1ccc(Oc2nc3c(c(SC)nn3-c3ccccc3)c(=O)n2-c2cccc(C)c2)cc1. The number of fused-ring (bicyclic) bond motifs is 1. The summed E-state index contributed by atoms with van der Waals surface area (Å²) in [6, 6.07) is 23.9. The molecule has 0 aliphatic carbocycles. The molecule has 2 aromatic heterocycles. The van der Waals surface area contributed by atoms with Gasteiger partial charge in [-0.3, -0.25) is 4.79 Å². The summed E-state index contributed by atoms with van der Waals surface area (Å²) < 4.78 is 19.7. The molecule has 39 heavy (non-hydrogen) atoms. The van der Waals surface area contributed by atoms with E-state index in [0.717, 1.165) is 11.3 Å². The lowest BCUT2D eigenvalue weighted by molar-refractivity contribution is -0.145. The van der Waals surface area contributed by atoms with Gasteiger partial charge < -0.3 is 14.2 Å². The van der Waals surface area contributed by atoms with E-state index >= 15 is 0 Å². The van der Waals surface area contributed by atoms with Crippen LogP contribution in [0.1, 0.15) is 12.5 Å². The lowest BCUT2D eigenvalue weighted by Crippen LogP contribution is -2.22. The predicted octanol–water partition coefficient (Wildman–Crippen LogP) is 5.34.